The third kappa shape index (κ3) is 5.76. The van der Waals surface area contributed by atoms with Crippen LogP contribution in [0.3, 0.4) is 0 Å². The minimum Gasteiger partial charge on any atom is -0.545 e. The summed E-state index contributed by atoms with van der Waals surface area (Å²) in [6, 6.07) is 15.6. The van der Waals surface area contributed by atoms with Gasteiger partial charge in [0.15, 0.2) is 5.78 Å². The molecule has 0 spiro atoms. The molecule has 0 heterocycles. The van der Waals surface area contributed by atoms with Crippen LogP contribution in [-0.2, 0) is 4.79 Å². The summed E-state index contributed by atoms with van der Waals surface area (Å²) in [4.78, 5) is 21.2. The molecule has 0 aliphatic carbocycles. The Hall–Kier alpha value is -2.92. The number of aliphatic hydroxyl groups excluding tert-OH is 1. The van der Waals surface area contributed by atoms with Crippen molar-refractivity contribution >= 4 is 11.8 Å². The van der Waals surface area contributed by atoms with Crippen molar-refractivity contribution in [1.82, 2.24) is 0 Å². The first-order valence-electron chi connectivity index (χ1n) is 6.74. The number of hydrogen-bond donors (Lipinski definition) is 1. The highest BCUT2D eigenvalue weighted by atomic mass is 16.5. The Bertz CT molecular complexity index is 664. The summed E-state index contributed by atoms with van der Waals surface area (Å²) in [5, 5.41) is 19.2. The minimum atomic E-state index is -1.23. The predicted molar refractivity (Wildman–Crippen MR) is 83.9 cm³/mol. The summed E-state index contributed by atoms with van der Waals surface area (Å²) >= 11 is 0. The topological polar surface area (TPSA) is 86.7 Å². The fraction of sp³-hybridized carbons (Fsp3) is 0.111. The average Bonchev–Trinajstić information content (AvgIpc) is 2.61. The van der Waals surface area contributed by atoms with Gasteiger partial charge in [-0.25, -0.2) is 0 Å². The highest BCUT2D eigenvalue weighted by Crippen LogP contribution is 2.22. The van der Waals surface area contributed by atoms with Gasteiger partial charge in [-0.1, -0.05) is 49.0 Å². The number of rotatable bonds is 5. The van der Waals surface area contributed by atoms with Crippen LogP contribution < -0.4 is 9.84 Å². The molecule has 0 amide bonds. The molecule has 5 nitrogen and oxygen atoms in total. The number of carbonyl (C=O) groups excluding carboxylic acids is 2. The molecule has 0 saturated heterocycles. The zero-order valence-corrected chi connectivity index (χ0v) is 12.6. The number of carboxylic acids is 1. The molecule has 5 heteroatoms. The Balaban J connectivity index is 0.000000463. The van der Waals surface area contributed by atoms with Crippen molar-refractivity contribution in [3.8, 4) is 5.75 Å². The molecular formula is C18H17O5-. The molecule has 0 aliphatic heterocycles. The Morgan fingerprint density at radius 1 is 1.17 bits per heavy atom. The van der Waals surface area contributed by atoms with E-state index in [1.165, 1.54) is 0 Å². The van der Waals surface area contributed by atoms with Gasteiger partial charge in [-0.05, 0) is 23.8 Å². The number of carbonyl (C=O) groups is 2. The van der Waals surface area contributed by atoms with Crippen LogP contribution in [0.25, 0.3) is 0 Å². The van der Waals surface area contributed by atoms with Crippen molar-refractivity contribution in [1.29, 1.82) is 0 Å². The summed E-state index contributed by atoms with van der Waals surface area (Å²) < 4.78 is 5.07. The van der Waals surface area contributed by atoms with Gasteiger partial charge in [-0.2, -0.15) is 0 Å². The third-order valence-electron chi connectivity index (χ3n) is 2.88. The van der Waals surface area contributed by atoms with Gasteiger partial charge in [0.2, 0.25) is 0 Å². The number of methoxy groups -OCH3 is 1. The summed E-state index contributed by atoms with van der Waals surface area (Å²) in [6.45, 7) is 2.90. The highest BCUT2D eigenvalue weighted by Gasteiger charge is 2.19. The van der Waals surface area contributed by atoms with Gasteiger partial charge in [0.25, 0.3) is 0 Å². The van der Waals surface area contributed by atoms with Crippen LogP contribution in [0.4, 0.5) is 0 Å². The maximum absolute atomic E-state index is 12.1. The number of aliphatic hydroxyl groups is 1. The van der Waals surface area contributed by atoms with E-state index in [2.05, 4.69) is 6.58 Å². The molecular weight excluding hydrogens is 296 g/mol. The van der Waals surface area contributed by atoms with E-state index in [9.17, 15) is 9.90 Å². The molecule has 0 fully saturated rings. The van der Waals surface area contributed by atoms with Crippen molar-refractivity contribution in [2.24, 2.45) is 0 Å². The zero-order valence-electron chi connectivity index (χ0n) is 12.6. The summed E-state index contributed by atoms with van der Waals surface area (Å²) in [6.07, 6.45) is -0.442. The van der Waals surface area contributed by atoms with Crippen LogP contribution >= 0.6 is 0 Å². The molecule has 23 heavy (non-hydrogen) atoms. The van der Waals surface area contributed by atoms with E-state index in [0.717, 1.165) is 6.08 Å². The second-order valence-electron chi connectivity index (χ2n) is 4.43. The largest absolute Gasteiger partial charge is 0.545 e. The molecule has 0 radical (unpaired) electrons. The Labute approximate surface area is 134 Å². The first kappa shape index (κ1) is 18.1. The molecule has 120 valence electrons. The zero-order chi connectivity index (χ0) is 17.2. The third-order valence-corrected chi connectivity index (χ3v) is 2.88. The number of Topliss-reactive ketones (excluding diaryl/α,β-unsaturated/α-hetero) is 1. The first-order valence-corrected chi connectivity index (χ1v) is 6.74. The molecule has 2 rings (SSSR count). The molecule has 0 bridgehead atoms. The lowest BCUT2D eigenvalue weighted by Gasteiger charge is -2.11. The Morgan fingerprint density at radius 2 is 1.78 bits per heavy atom. The molecule has 2 aromatic carbocycles. The Kier molecular flexibility index (Phi) is 7.23. The van der Waals surface area contributed by atoms with E-state index in [-0.39, 0.29) is 5.78 Å². The summed E-state index contributed by atoms with van der Waals surface area (Å²) in [5.74, 6) is -0.929. The van der Waals surface area contributed by atoms with Crippen molar-refractivity contribution < 1.29 is 24.5 Å². The maximum atomic E-state index is 12.1. The van der Waals surface area contributed by atoms with Crippen molar-refractivity contribution in [3.63, 3.8) is 0 Å². The number of hydrogen-bond acceptors (Lipinski definition) is 5. The second-order valence-corrected chi connectivity index (χ2v) is 4.43. The van der Waals surface area contributed by atoms with Crippen LogP contribution in [0.15, 0.2) is 67.3 Å². The summed E-state index contributed by atoms with van der Waals surface area (Å²) in [5.41, 5.74) is 1.02. The molecule has 1 atom stereocenters. The van der Waals surface area contributed by atoms with Gasteiger partial charge in [-0.15, -0.1) is 0 Å². The predicted octanol–water partition coefficient (Wildman–Crippen LogP) is 1.53. The van der Waals surface area contributed by atoms with Gasteiger partial charge in [0.1, 0.15) is 11.9 Å². The van der Waals surface area contributed by atoms with Crippen molar-refractivity contribution in [2.75, 3.05) is 7.11 Å². The standard InChI is InChI=1S/C15H14O3.C3H4O2/c1-18-13-9-5-8-12(10-13)15(17)14(16)11-6-3-2-4-7-11;1-2-3(4)5/h2-10,15,17H,1H3;2H,1H2,(H,4,5)/p-1. The SMILES string of the molecule is C=CC(=O)[O-].COc1cccc(C(O)C(=O)c2ccccc2)c1. The highest BCUT2D eigenvalue weighted by molar-refractivity contribution is 5.99. The van der Waals surface area contributed by atoms with Gasteiger partial charge in [0.05, 0.1) is 13.1 Å². The second kappa shape index (κ2) is 9.17. The van der Waals surface area contributed by atoms with Crippen LogP contribution in [0.1, 0.15) is 22.0 Å². The van der Waals surface area contributed by atoms with E-state index in [4.69, 9.17) is 14.6 Å². The van der Waals surface area contributed by atoms with Crippen LogP contribution in [0.2, 0.25) is 0 Å². The quantitative estimate of drug-likeness (QED) is 0.668. The summed E-state index contributed by atoms with van der Waals surface area (Å²) in [7, 11) is 1.55. The minimum absolute atomic E-state index is 0.316. The maximum Gasteiger partial charge on any atom is 0.195 e. The lowest BCUT2D eigenvalue weighted by atomic mass is 10.00. The van der Waals surface area contributed by atoms with Crippen molar-refractivity contribution in [3.05, 3.63) is 78.4 Å². The molecule has 0 saturated carbocycles. The normalized spacial score (nSPS) is 10.7. The number of ether oxygens (including phenoxy) is 1. The van der Waals surface area contributed by atoms with Gasteiger partial charge < -0.3 is 19.7 Å². The number of benzene rings is 2. The van der Waals surface area contributed by atoms with Gasteiger partial charge >= 0.3 is 0 Å². The van der Waals surface area contributed by atoms with E-state index >= 15 is 0 Å². The number of aliphatic carboxylic acids is 1. The lowest BCUT2D eigenvalue weighted by Crippen LogP contribution is -2.17. The Morgan fingerprint density at radius 3 is 2.30 bits per heavy atom. The first-order chi connectivity index (χ1) is 11.0. The van der Waals surface area contributed by atoms with E-state index < -0.39 is 12.1 Å². The number of ketones is 1. The molecule has 2 aromatic rings. The smallest absolute Gasteiger partial charge is 0.195 e. The lowest BCUT2D eigenvalue weighted by molar-refractivity contribution is -0.297. The monoisotopic (exact) mass is 313 g/mol. The molecule has 1 N–H and O–H groups in total. The molecule has 1 unspecified atom stereocenters. The fourth-order valence-electron chi connectivity index (χ4n) is 1.72. The van der Waals surface area contributed by atoms with Gasteiger partial charge in [-0.3, -0.25) is 4.79 Å². The average molecular weight is 313 g/mol. The van der Waals surface area contributed by atoms with Crippen LogP contribution in [0, 0.1) is 0 Å². The van der Waals surface area contributed by atoms with Gasteiger partial charge in [0, 0.05) is 5.56 Å². The van der Waals surface area contributed by atoms with Crippen molar-refractivity contribution in [2.45, 2.75) is 6.10 Å². The molecule has 0 aromatic heterocycles. The number of carboxylic acid groups (broad SMARTS) is 1. The van der Waals surface area contributed by atoms with Crippen LogP contribution in [0.5, 0.6) is 5.75 Å². The van der Waals surface area contributed by atoms with E-state index in [1.54, 1.807) is 55.6 Å². The van der Waals surface area contributed by atoms with Crippen LogP contribution in [-0.4, -0.2) is 24.0 Å². The van der Waals surface area contributed by atoms with E-state index in [1.807, 2.05) is 6.07 Å². The molecule has 0 aliphatic rings. The van der Waals surface area contributed by atoms with E-state index in [0.29, 0.717) is 16.9 Å². The fourth-order valence-corrected chi connectivity index (χ4v) is 1.72.